The number of pyridine rings is 1. The maximum atomic E-state index is 11.9. The number of nitrogens with two attached hydrogens (primary N) is 1. The Kier molecular flexibility index (Phi) is 4.88. The highest BCUT2D eigenvalue weighted by Crippen LogP contribution is 2.16. The summed E-state index contributed by atoms with van der Waals surface area (Å²) in [6.45, 7) is 0.446. The SMILES string of the molecule is COCCC(N)C(=O)c1ncccc1OC. The van der Waals surface area contributed by atoms with Gasteiger partial charge in [0.15, 0.2) is 0 Å². The second kappa shape index (κ2) is 6.19. The van der Waals surface area contributed by atoms with Crippen LogP contribution in [-0.2, 0) is 4.74 Å². The van der Waals surface area contributed by atoms with Crippen molar-refractivity contribution in [1.82, 2.24) is 4.98 Å². The monoisotopic (exact) mass is 224 g/mol. The average molecular weight is 224 g/mol. The first-order valence-corrected chi connectivity index (χ1v) is 4.98. The molecule has 0 aliphatic heterocycles. The number of carbonyl (C=O) groups excluding carboxylic acids is 1. The predicted molar refractivity (Wildman–Crippen MR) is 59.6 cm³/mol. The Hall–Kier alpha value is -1.46. The number of carbonyl (C=O) groups is 1. The molecule has 16 heavy (non-hydrogen) atoms. The van der Waals surface area contributed by atoms with E-state index in [9.17, 15) is 4.79 Å². The summed E-state index contributed by atoms with van der Waals surface area (Å²) in [6, 6.07) is 2.78. The molecule has 1 aromatic rings. The lowest BCUT2D eigenvalue weighted by atomic mass is 10.1. The minimum atomic E-state index is -0.608. The fourth-order valence-corrected chi connectivity index (χ4v) is 1.29. The molecule has 5 heteroatoms. The number of nitrogens with zero attached hydrogens (tertiary/aromatic N) is 1. The Balaban J connectivity index is 2.79. The third kappa shape index (κ3) is 3.01. The number of ether oxygens (including phenoxy) is 2. The van der Waals surface area contributed by atoms with Crippen LogP contribution in [-0.4, -0.2) is 37.6 Å². The van der Waals surface area contributed by atoms with Crippen molar-refractivity contribution in [3.8, 4) is 5.75 Å². The molecule has 5 nitrogen and oxygen atoms in total. The molecule has 1 aromatic heterocycles. The second-order valence-electron chi connectivity index (χ2n) is 3.31. The number of aromatic nitrogens is 1. The molecule has 1 unspecified atom stereocenters. The first-order chi connectivity index (χ1) is 7.70. The predicted octanol–water partition coefficient (Wildman–Crippen LogP) is 0.637. The van der Waals surface area contributed by atoms with Crippen molar-refractivity contribution in [2.75, 3.05) is 20.8 Å². The van der Waals surface area contributed by atoms with E-state index >= 15 is 0 Å². The maximum absolute atomic E-state index is 11.9. The number of Topliss-reactive ketones (excluding diaryl/α,β-unsaturated/α-hetero) is 1. The molecule has 0 saturated heterocycles. The summed E-state index contributed by atoms with van der Waals surface area (Å²) in [4.78, 5) is 15.9. The van der Waals surface area contributed by atoms with Gasteiger partial charge in [0, 0.05) is 19.9 Å². The van der Waals surface area contributed by atoms with Gasteiger partial charge in [0.1, 0.15) is 11.4 Å². The lowest BCUT2D eigenvalue weighted by Gasteiger charge is -2.11. The van der Waals surface area contributed by atoms with Crippen LogP contribution in [0.25, 0.3) is 0 Å². The van der Waals surface area contributed by atoms with E-state index in [1.165, 1.54) is 7.11 Å². The zero-order chi connectivity index (χ0) is 12.0. The van der Waals surface area contributed by atoms with Crippen LogP contribution in [0.4, 0.5) is 0 Å². The lowest BCUT2D eigenvalue weighted by molar-refractivity contribution is 0.0927. The van der Waals surface area contributed by atoms with Gasteiger partial charge in [0.05, 0.1) is 13.2 Å². The second-order valence-corrected chi connectivity index (χ2v) is 3.31. The molecule has 0 bridgehead atoms. The standard InChI is InChI=1S/C11H16N2O3/c1-15-7-5-8(12)11(14)10-9(16-2)4-3-6-13-10/h3-4,6,8H,5,7,12H2,1-2H3. The van der Waals surface area contributed by atoms with Gasteiger partial charge in [-0.15, -0.1) is 0 Å². The Bertz CT molecular complexity index is 355. The molecule has 0 saturated carbocycles. The molecular weight excluding hydrogens is 208 g/mol. The van der Waals surface area contributed by atoms with E-state index in [0.717, 1.165) is 0 Å². The number of hydrogen-bond donors (Lipinski definition) is 1. The molecule has 0 amide bonds. The fourth-order valence-electron chi connectivity index (χ4n) is 1.29. The molecule has 2 N–H and O–H groups in total. The van der Waals surface area contributed by atoms with Crippen LogP contribution in [0.2, 0.25) is 0 Å². The molecule has 1 rings (SSSR count). The van der Waals surface area contributed by atoms with E-state index in [4.69, 9.17) is 15.2 Å². The molecular formula is C11H16N2O3. The van der Waals surface area contributed by atoms with E-state index in [2.05, 4.69) is 4.98 Å². The highest BCUT2D eigenvalue weighted by molar-refractivity contribution is 6.00. The number of ketones is 1. The molecule has 0 fully saturated rings. The molecule has 1 atom stereocenters. The van der Waals surface area contributed by atoms with E-state index in [1.807, 2.05) is 0 Å². The first kappa shape index (κ1) is 12.6. The van der Waals surface area contributed by atoms with Gasteiger partial charge < -0.3 is 15.2 Å². The minimum absolute atomic E-state index is 0.227. The number of rotatable bonds is 6. The summed E-state index contributed by atoms with van der Waals surface area (Å²) >= 11 is 0. The first-order valence-electron chi connectivity index (χ1n) is 4.98. The van der Waals surface area contributed by atoms with Crippen LogP contribution >= 0.6 is 0 Å². The third-order valence-electron chi connectivity index (χ3n) is 2.19. The van der Waals surface area contributed by atoms with Gasteiger partial charge in [-0.2, -0.15) is 0 Å². The van der Waals surface area contributed by atoms with Crippen molar-refractivity contribution >= 4 is 5.78 Å². The molecule has 0 radical (unpaired) electrons. The van der Waals surface area contributed by atoms with Gasteiger partial charge in [-0.1, -0.05) is 0 Å². The van der Waals surface area contributed by atoms with Gasteiger partial charge in [-0.25, -0.2) is 4.98 Å². The van der Waals surface area contributed by atoms with Crippen molar-refractivity contribution in [3.05, 3.63) is 24.0 Å². The normalized spacial score (nSPS) is 12.2. The highest BCUT2D eigenvalue weighted by atomic mass is 16.5. The summed E-state index contributed by atoms with van der Waals surface area (Å²) < 4.78 is 9.92. The summed E-state index contributed by atoms with van der Waals surface area (Å²) in [5, 5.41) is 0. The highest BCUT2D eigenvalue weighted by Gasteiger charge is 2.20. The van der Waals surface area contributed by atoms with Gasteiger partial charge in [0.2, 0.25) is 5.78 Å². The van der Waals surface area contributed by atoms with Gasteiger partial charge in [-0.05, 0) is 18.6 Å². The zero-order valence-corrected chi connectivity index (χ0v) is 9.47. The maximum Gasteiger partial charge on any atom is 0.201 e. The van der Waals surface area contributed by atoms with Crippen LogP contribution in [0.1, 0.15) is 16.9 Å². The van der Waals surface area contributed by atoms with Crippen molar-refractivity contribution in [2.24, 2.45) is 5.73 Å². The van der Waals surface area contributed by atoms with Gasteiger partial charge >= 0.3 is 0 Å². The van der Waals surface area contributed by atoms with Crippen LogP contribution in [0.5, 0.6) is 5.75 Å². The number of hydrogen-bond acceptors (Lipinski definition) is 5. The topological polar surface area (TPSA) is 74.4 Å². The van der Waals surface area contributed by atoms with E-state index in [-0.39, 0.29) is 11.5 Å². The molecule has 0 spiro atoms. The van der Waals surface area contributed by atoms with Crippen LogP contribution in [0.3, 0.4) is 0 Å². The van der Waals surface area contributed by atoms with Crippen LogP contribution in [0, 0.1) is 0 Å². The Labute approximate surface area is 94.6 Å². The smallest absolute Gasteiger partial charge is 0.201 e. The van der Waals surface area contributed by atoms with Crippen molar-refractivity contribution < 1.29 is 14.3 Å². The van der Waals surface area contributed by atoms with Gasteiger partial charge in [-0.3, -0.25) is 4.79 Å². The van der Waals surface area contributed by atoms with E-state index in [0.29, 0.717) is 18.8 Å². The lowest BCUT2D eigenvalue weighted by Crippen LogP contribution is -2.32. The summed E-state index contributed by atoms with van der Waals surface area (Å²) in [6.07, 6.45) is 2.01. The quantitative estimate of drug-likeness (QED) is 0.717. The van der Waals surface area contributed by atoms with E-state index < -0.39 is 6.04 Å². The van der Waals surface area contributed by atoms with Crippen molar-refractivity contribution in [3.63, 3.8) is 0 Å². The van der Waals surface area contributed by atoms with Crippen LogP contribution < -0.4 is 10.5 Å². The third-order valence-corrected chi connectivity index (χ3v) is 2.19. The zero-order valence-electron chi connectivity index (χ0n) is 9.47. The minimum Gasteiger partial charge on any atom is -0.494 e. The Morgan fingerprint density at radius 3 is 2.94 bits per heavy atom. The van der Waals surface area contributed by atoms with Crippen LogP contribution in [0.15, 0.2) is 18.3 Å². The number of methoxy groups -OCH3 is 2. The van der Waals surface area contributed by atoms with Crippen molar-refractivity contribution in [2.45, 2.75) is 12.5 Å². The Morgan fingerprint density at radius 1 is 1.56 bits per heavy atom. The molecule has 0 aromatic carbocycles. The fraction of sp³-hybridized carbons (Fsp3) is 0.455. The van der Waals surface area contributed by atoms with Gasteiger partial charge in [0.25, 0.3) is 0 Å². The molecule has 0 aliphatic rings. The molecule has 0 aliphatic carbocycles. The average Bonchev–Trinajstić information content (AvgIpc) is 2.34. The van der Waals surface area contributed by atoms with E-state index in [1.54, 1.807) is 25.4 Å². The summed E-state index contributed by atoms with van der Waals surface area (Å²) in [7, 11) is 3.06. The van der Waals surface area contributed by atoms with Crippen molar-refractivity contribution in [1.29, 1.82) is 0 Å². The Morgan fingerprint density at radius 2 is 2.31 bits per heavy atom. The summed E-state index contributed by atoms with van der Waals surface area (Å²) in [5.41, 5.74) is 6.01. The summed E-state index contributed by atoms with van der Waals surface area (Å²) in [5.74, 6) is 0.217. The molecule has 1 heterocycles. The molecule has 88 valence electrons. The largest absolute Gasteiger partial charge is 0.494 e.